The summed E-state index contributed by atoms with van der Waals surface area (Å²) in [6, 6.07) is 8.03. The molecule has 1 aliphatic heterocycles. The van der Waals surface area contributed by atoms with E-state index in [1.165, 1.54) is 0 Å². The Morgan fingerprint density at radius 2 is 2.05 bits per heavy atom. The van der Waals surface area contributed by atoms with Gasteiger partial charge in [-0.3, -0.25) is 4.79 Å². The number of benzene rings is 1. The van der Waals surface area contributed by atoms with Crippen molar-refractivity contribution in [1.29, 1.82) is 0 Å². The molecule has 0 aromatic heterocycles. The Morgan fingerprint density at radius 1 is 1.42 bits per heavy atom. The molecule has 104 valence electrons. The first-order valence-corrected chi connectivity index (χ1v) is 7.14. The van der Waals surface area contributed by atoms with Gasteiger partial charge in [-0.1, -0.05) is 23.7 Å². The van der Waals surface area contributed by atoms with Crippen molar-refractivity contribution in [3.8, 4) is 0 Å². The van der Waals surface area contributed by atoms with Crippen molar-refractivity contribution < 1.29 is 4.79 Å². The summed E-state index contributed by atoms with van der Waals surface area (Å²) in [4.78, 5) is 14.3. The third-order valence-electron chi connectivity index (χ3n) is 4.12. The summed E-state index contributed by atoms with van der Waals surface area (Å²) in [5.74, 6) is 0.319. The summed E-state index contributed by atoms with van der Waals surface area (Å²) in [5, 5.41) is 4.05. The average molecular weight is 281 g/mol. The number of carbonyl (C=O) groups is 1. The zero-order valence-electron chi connectivity index (χ0n) is 11.7. The lowest BCUT2D eigenvalue weighted by Crippen LogP contribution is -2.39. The molecule has 0 bridgehead atoms. The van der Waals surface area contributed by atoms with Crippen LogP contribution in [0.3, 0.4) is 0 Å². The quantitative estimate of drug-likeness (QED) is 0.923. The lowest BCUT2D eigenvalue weighted by molar-refractivity contribution is -0.136. The van der Waals surface area contributed by atoms with Gasteiger partial charge in [0.1, 0.15) is 0 Å². The Bertz CT molecular complexity index is 446. The molecule has 1 fully saturated rings. The zero-order valence-corrected chi connectivity index (χ0v) is 12.4. The molecule has 0 saturated carbocycles. The van der Waals surface area contributed by atoms with Gasteiger partial charge in [0.15, 0.2) is 0 Å². The van der Waals surface area contributed by atoms with Crippen LogP contribution in [-0.4, -0.2) is 30.4 Å². The number of hydrogen-bond donors (Lipinski definition) is 1. The van der Waals surface area contributed by atoms with E-state index in [2.05, 4.69) is 12.2 Å². The second kappa shape index (κ2) is 5.93. The third kappa shape index (κ3) is 3.10. The van der Waals surface area contributed by atoms with E-state index in [-0.39, 0.29) is 23.9 Å². The highest BCUT2D eigenvalue weighted by Crippen LogP contribution is 2.25. The van der Waals surface area contributed by atoms with Gasteiger partial charge in [0.2, 0.25) is 5.91 Å². The minimum atomic E-state index is 0.0672. The first kappa shape index (κ1) is 14.4. The van der Waals surface area contributed by atoms with Gasteiger partial charge < -0.3 is 10.2 Å². The first-order valence-electron chi connectivity index (χ1n) is 6.76. The van der Waals surface area contributed by atoms with E-state index in [9.17, 15) is 4.79 Å². The summed E-state index contributed by atoms with van der Waals surface area (Å²) in [5.41, 5.74) is 1.11. The van der Waals surface area contributed by atoms with Gasteiger partial charge in [0, 0.05) is 18.1 Å². The first-order chi connectivity index (χ1) is 9.00. The fourth-order valence-corrected chi connectivity index (χ4v) is 2.74. The zero-order chi connectivity index (χ0) is 14.0. The van der Waals surface area contributed by atoms with Crippen LogP contribution in [0, 0.1) is 5.92 Å². The fourth-order valence-electron chi connectivity index (χ4n) is 2.61. The van der Waals surface area contributed by atoms with E-state index >= 15 is 0 Å². The third-order valence-corrected chi connectivity index (χ3v) is 4.38. The smallest absolute Gasteiger partial charge is 0.227 e. The molecular formula is C15H21ClN2O. The topological polar surface area (TPSA) is 32.3 Å². The van der Waals surface area contributed by atoms with Gasteiger partial charge in [0.05, 0.1) is 12.0 Å². The Kier molecular flexibility index (Phi) is 4.48. The minimum Gasteiger partial charge on any atom is -0.339 e. The highest BCUT2D eigenvalue weighted by atomic mass is 35.5. The molecule has 4 heteroatoms. The maximum Gasteiger partial charge on any atom is 0.227 e. The molecule has 1 aromatic carbocycles. The van der Waals surface area contributed by atoms with Crippen LogP contribution < -0.4 is 5.32 Å². The van der Waals surface area contributed by atoms with Gasteiger partial charge in [0.25, 0.3) is 0 Å². The van der Waals surface area contributed by atoms with Gasteiger partial charge in [-0.2, -0.15) is 0 Å². The van der Waals surface area contributed by atoms with Crippen LogP contribution in [0.5, 0.6) is 0 Å². The van der Waals surface area contributed by atoms with Crippen LogP contribution in [-0.2, 0) is 4.79 Å². The molecule has 0 radical (unpaired) electrons. The number of nitrogens with zero attached hydrogens (tertiary/aromatic N) is 1. The van der Waals surface area contributed by atoms with Crippen molar-refractivity contribution in [2.45, 2.75) is 32.4 Å². The lowest BCUT2D eigenvalue weighted by Gasteiger charge is -2.29. The maximum atomic E-state index is 12.5. The number of rotatable bonds is 3. The molecule has 0 aliphatic carbocycles. The molecule has 19 heavy (non-hydrogen) atoms. The van der Waals surface area contributed by atoms with Crippen molar-refractivity contribution in [2.75, 3.05) is 13.6 Å². The Labute approximate surface area is 119 Å². The second-order valence-electron chi connectivity index (χ2n) is 5.31. The van der Waals surface area contributed by atoms with Gasteiger partial charge in [-0.15, -0.1) is 0 Å². The Hall–Kier alpha value is -1.06. The summed E-state index contributed by atoms with van der Waals surface area (Å²) >= 11 is 5.89. The number of amides is 1. The Morgan fingerprint density at radius 3 is 2.58 bits per heavy atom. The van der Waals surface area contributed by atoms with E-state index in [0.29, 0.717) is 0 Å². The average Bonchev–Trinajstić information content (AvgIpc) is 2.83. The fraction of sp³-hybridized carbons (Fsp3) is 0.533. The predicted octanol–water partition coefficient (Wildman–Crippen LogP) is 2.86. The molecule has 3 nitrogen and oxygen atoms in total. The van der Waals surface area contributed by atoms with Crippen LogP contribution in [0.2, 0.25) is 5.02 Å². The van der Waals surface area contributed by atoms with E-state index in [0.717, 1.165) is 23.6 Å². The molecule has 1 aliphatic rings. The van der Waals surface area contributed by atoms with Crippen LogP contribution in [0.15, 0.2) is 24.3 Å². The molecule has 1 heterocycles. The van der Waals surface area contributed by atoms with E-state index in [1.54, 1.807) is 0 Å². The molecule has 1 N–H and O–H groups in total. The predicted molar refractivity (Wildman–Crippen MR) is 78.2 cm³/mol. The normalized spacial score (nSPS) is 24.2. The summed E-state index contributed by atoms with van der Waals surface area (Å²) in [7, 11) is 1.88. The highest BCUT2D eigenvalue weighted by Gasteiger charge is 2.33. The molecule has 3 atom stereocenters. The van der Waals surface area contributed by atoms with Crippen LogP contribution in [0.1, 0.15) is 31.9 Å². The molecular weight excluding hydrogens is 260 g/mol. The number of carbonyl (C=O) groups excluding carboxylic acids is 1. The van der Waals surface area contributed by atoms with E-state index in [1.807, 2.05) is 43.1 Å². The summed E-state index contributed by atoms with van der Waals surface area (Å²) in [6.07, 6.45) is 0.928. The Balaban J connectivity index is 2.08. The van der Waals surface area contributed by atoms with Crippen molar-refractivity contribution in [1.82, 2.24) is 10.2 Å². The number of hydrogen-bond acceptors (Lipinski definition) is 2. The molecule has 0 spiro atoms. The van der Waals surface area contributed by atoms with Crippen LogP contribution in [0.25, 0.3) is 0 Å². The number of halogens is 1. The molecule has 2 rings (SSSR count). The van der Waals surface area contributed by atoms with Crippen LogP contribution in [0.4, 0.5) is 0 Å². The lowest BCUT2D eigenvalue weighted by atomic mass is 9.98. The second-order valence-corrected chi connectivity index (χ2v) is 5.75. The highest BCUT2D eigenvalue weighted by molar-refractivity contribution is 6.30. The molecule has 1 amide bonds. The van der Waals surface area contributed by atoms with Gasteiger partial charge in [-0.25, -0.2) is 0 Å². The maximum absolute atomic E-state index is 12.5. The minimum absolute atomic E-state index is 0.0672. The van der Waals surface area contributed by atoms with E-state index < -0.39 is 0 Å². The molecule has 1 aromatic rings. The monoisotopic (exact) mass is 280 g/mol. The van der Waals surface area contributed by atoms with Crippen LogP contribution >= 0.6 is 11.6 Å². The van der Waals surface area contributed by atoms with Gasteiger partial charge >= 0.3 is 0 Å². The van der Waals surface area contributed by atoms with Crippen molar-refractivity contribution in [2.24, 2.45) is 5.92 Å². The SMILES string of the molecule is CC1NCCC1C(=O)N(C)C(C)c1ccc(Cl)cc1. The van der Waals surface area contributed by atoms with Crippen molar-refractivity contribution in [3.63, 3.8) is 0 Å². The van der Waals surface area contributed by atoms with Gasteiger partial charge in [-0.05, 0) is 44.5 Å². The van der Waals surface area contributed by atoms with Crippen molar-refractivity contribution >= 4 is 17.5 Å². The van der Waals surface area contributed by atoms with Crippen molar-refractivity contribution in [3.05, 3.63) is 34.9 Å². The summed E-state index contributed by atoms with van der Waals surface area (Å²) in [6.45, 7) is 5.06. The van der Waals surface area contributed by atoms with E-state index in [4.69, 9.17) is 11.6 Å². The molecule has 3 unspecified atom stereocenters. The molecule has 1 saturated heterocycles. The largest absolute Gasteiger partial charge is 0.339 e. The standard InChI is InChI=1S/C15H21ClN2O/c1-10-14(8-9-17-10)15(19)18(3)11(2)12-4-6-13(16)7-5-12/h4-7,10-11,14,17H,8-9H2,1-3H3. The summed E-state index contributed by atoms with van der Waals surface area (Å²) < 4.78 is 0. The number of nitrogens with one attached hydrogen (secondary N) is 1.